The van der Waals surface area contributed by atoms with Gasteiger partial charge in [0.15, 0.2) is 0 Å². The van der Waals surface area contributed by atoms with Gasteiger partial charge in [-0.25, -0.2) is 0 Å². The van der Waals surface area contributed by atoms with Gasteiger partial charge >= 0.3 is 0 Å². The van der Waals surface area contributed by atoms with Gasteiger partial charge in [-0.1, -0.05) is 25.7 Å². The molecular weight excluding hydrogens is 234 g/mol. The molecular formula is C17H31NO. The molecule has 0 bridgehead atoms. The van der Waals surface area contributed by atoms with Crippen molar-refractivity contribution in [2.24, 2.45) is 17.8 Å². The van der Waals surface area contributed by atoms with Crippen molar-refractivity contribution >= 4 is 0 Å². The summed E-state index contributed by atoms with van der Waals surface area (Å²) in [6.45, 7) is 2.27. The van der Waals surface area contributed by atoms with Gasteiger partial charge in [0, 0.05) is 6.61 Å². The largest absolute Gasteiger partial charge is 0.375 e. The Hall–Kier alpha value is -0.0800. The summed E-state index contributed by atoms with van der Waals surface area (Å²) in [6, 6.07) is 0. The average molecular weight is 265 g/mol. The first kappa shape index (κ1) is 13.9. The summed E-state index contributed by atoms with van der Waals surface area (Å²) in [6.07, 6.45) is 14.0. The highest BCUT2D eigenvalue weighted by Crippen LogP contribution is 2.47. The lowest BCUT2D eigenvalue weighted by atomic mass is 9.70. The third-order valence-electron chi connectivity index (χ3n) is 6.09. The Kier molecular flexibility index (Phi) is 4.48. The van der Waals surface area contributed by atoms with Crippen molar-refractivity contribution in [3.8, 4) is 0 Å². The molecule has 3 unspecified atom stereocenters. The lowest BCUT2D eigenvalue weighted by Gasteiger charge is -2.46. The van der Waals surface area contributed by atoms with Crippen LogP contribution in [0.1, 0.15) is 64.2 Å². The lowest BCUT2D eigenvalue weighted by molar-refractivity contribution is -0.127. The Morgan fingerprint density at radius 1 is 1.05 bits per heavy atom. The molecule has 3 atom stereocenters. The summed E-state index contributed by atoms with van der Waals surface area (Å²) in [5.41, 5.74) is 0.300. The van der Waals surface area contributed by atoms with Gasteiger partial charge in [-0.3, -0.25) is 0 Å². The zero-order chi connectivity index (χ0) is 13.1. The predicted octanol–water partition coefficient (Wildman–Crippen LogP) is 3.75. The summed E-state index contributed by atoms with van der Waals surface area (Å²) < 4.78 is 6.28. The number of hydrogen-bond donors (Lipinski definition) is 1. The Labute approximate surface area is 118 Å². The molecule has 3 rings (SSSR count). The van der Waals surface area contributed by atoms with E-state index in [2.05, 4.69) is 12.4 Å². The number of rotatable bonds is 3. The molecule has 110 valence electrons. The van der Waals surface area contributed by atoms with Crippen LogP contribution in [0.4, 0.5) is 0 Å². The van der Waals surface area contributed by atoms with Gasteiger partial charge in [0.2, 0.25) is 0 Å². The van der Waals surface area contributed by atoms with E-state index >= 15 is 0 Å². The second-order valence-electron chi connectivity index (χ2n) is 7.26. The third-order valence-corrected chi connectivity index (χ3v) is 6.09. The van der Waals surface area contributed by atoms with Crippen LogP contribution in [0.3, 0.4) is 0 Å². The normalized spacial score (nSPS) is 38.7. The van der Waals surface area contributed by atoms with Crippen LogP contribution in [0.5, 0.6) is 0 Å². The van der Waals surface area contributed by atoms with Crippen molar-refractivity contribution in [2.75, 3.05) is 20.2 Å². The first-order chi connectivity index (χ1) is 9.33. The standard InChI is InChI=1S/C17H31NO/c1-18-13-15-6-5-7-16(15)14-8-11-19-17(12-14)9-3-2-4-10-17/h14-16,18H,2-13H2,1H3. The molecule has 0 amide bonds. The van der Waals surface area contributed by atoms with Gasteiger partial charge in [-0.05, 0) is 69.9 Å². The number of hydrogen-bond acceptors (Lipinski definition) is 2. The van der Waals surface area contributed by atoms with Gasteiger partial charge in [-0.15, -0.1) is 0 Å². The maximum Gasteiger partial charge on any atom is 0.0685 e. The molecule has 3 fully saturated rings. The molecule has 1 heterocycles. The minimum absolute atomic E-state index is 0.300. The molecule has 0 radical (unpaired) electrons. The third kappa shape index (κ3) is 3.00. The maximum absolute atomic E-state index is 6.28. The highest BCUT2D eigenvalue weighted by atomic mass is 16.5. The quantitative estimate of drug-likeness (QED) is 0.839. The SMILES string of the molecule is CNCC1CCCC1C1CCOC2(CCCCC2)C1. The van der Waals surface area contributed by atoms with Gasteiger partial charge in [-0.2, -0.15) is 0 Å². The fourth-order valence-electron chi connectivity index (χ4n) is 5.18. The van der Waals surface area contributed by atoms with E-state index in [1.165, 1.54) is 70.8 Å². The van der Waals surface area contributed by atoms with E-state index in [4.69, 9.17) is 4.74 Å². The maximum atomic E-state index is 6.28. The zero-order valence-electron chi connectivity index (χ0n) is 12.6. The van der Waals surface area contributed by atoms with Crippen LogP contribution in [0.2, 0.25) is 0 Å². The van der Waals surface area contributed by atoms with E-state index < -0.39 is 0 Å². The molecule has 2 nitrogen and oxygen atoms in total. The van der Waals surface area contributed by atoms with E-state index in [1.54, 1.807) is 0 Å². The van der Waals surface area contributed by atoms with Gasteiger partial charge in [0.05, 0.1) is 5.60 Å². The number of ether oxygens (including phenoxy) is 1. The smallest absolute Gasteiger partial charge is 0.0685 e. The first-order valence-corrected chi connectivity index (χ1v) is 8.61. The van der Waals surface area contributed by atoms with E-state index in [1.807, 2.05) is 0 Å². The molecule has 0 aromatic carbocycles. The predicted molar refractivity (Wildman–Crippen MR) is 79.2 cm³/mol. The summed E-state index contributed by atoms with van der Waals surface area (Å²) in [7, 11) is 2.11. The summed E-state index contributed by atoms with van der Waals surface area (Å²) in [4.78, 5) is 0. The van der Waals surface area contributed by atoms with Crippen LogP contribution < -0.4 is 5.32 Å². The number of nitrogens with one attached hydrogen (secondary N) is 1. The molecule has 2 heteroatoms. The molecule has 2 aliphatic carbocycles. The average Bonchev–Trinajstić information content (AvgIpc) is 2.88. The van der Waals surface area contributed by atoms with Crippen molar-refractivity contribution in [3.05, 3.63) is 0 Å². The van der Waals surface area contributed by atoms with Crippen LogP contribution in [-0.4, -0.2) is 25.8 Å². The Morgan fingerprint density at radius 3 is 2.68 bits per heavy atom. The van der Waals surface area contributed by atoms with Crippen LogP contribution >= 0.6 is 0 Å². The minimum Gasteiger partial charge on any atom is -0.375 e. The van der Waals surface area contributed by atoms with Crippen molar-refractivity contribution in [3.63, 3.8) is 0 Å². The van der Waals surface area contributed by atoms with Crippen molar-refractivity contribution < 1.29 is 4.74 Å². The summed E-state index contributed by atoms with van der Waals surface area (Å²) in [5.74, 6) is 2.87. The van der Waals surface area contributed by atoms with E-state index in [0.717, 1.165) is 24.4 Å². The van der Waals surface area contributed by atoms with E-state index in [9.17, 15) is 0 Å². The van der Waals surface area contributed by atoms with Crippen molar-refractivity contribution in [1.82, 2.24) is 5.32 Å². The van der Waals surface area contributed by atoms with Crippen LogP contribution in [0.15, 0.2) is 0 Å². The van der Waals surface area contributed by atoms with E-state index in [0.29, 0.717) is 5.60 Å². The van der Waals surface area contributed by atoms with Gasteiger partial charge in [0.1, 0.15) is 0 Å². The van der Waals surface area contributed by atoms with Crippen LogP contribution in [0, 0.1) is 17.8 Å². The molecule has 1 aliphatic heterocycles. The molecule has 3 aliphatic rings. The molecule has 1 N–H and O–H groups in total. The first-order valence-electron chi connectivity index (χ1n) is 8.61. The summed E-state index contributed by atoms with van der Waals surface area (Å²) >= 11 is 0. The summed E-state index contributed by atoms with van der Waals surface area (Å²) in [5, 5.41) is 3.42. The fourth-order valence-corrected chi connectivity index (χ4v) is 5.18. The second kappa shape index (κ2) is 6.13. The molecule has 0 aromatic rings. The minimum atomic E-state index is 0.300. The van der Waals surface area contributed by atoms with Crippen LogP contribution in [-0.2, 0) is 4.74 Å². The Morgan fingerprint density at radius 2 is 1.89 bits per heavy atom. The van der Waals surface area contributed by atoms with E-state index in [-0.39, 0.29) is 0 Å². The highest BCUT2D eigenvalue weighted by Gasteiger charge is 2.43. The monoisotopic (exact) mass is 265 g/mol. The van der Waals surface area contributed by atoms with Crippen molar-refractivity contribution in [2.45, 2.75) is 69.8 Å². The topological polar surface area (TPSA) is 21.3 Å². The Balaban J connectivity index is 1.64. The molecule has 1 spiro atoms. The molecule has 1 saturated heterocycles. The molecule has 0 aromatic heterocycles. The fraction of sp³-hybridized carbons (Fsp3) is 1.00. The van der Waals surface area contributed by atoms with Crippen LogP contribution in [0.25, 0.3) is 0 Å². The zero-order valence-corrected chi connectivity index (χ0v) is 12.6. The van der Waals surface area contributed by atoms with Crippen molar-refractivity contribution in [1.29, 1.82) is 0 Å². The highest BCUT2D eigenvalue weighted by molar-refractivity contribution is 4.94. The van der Waals surface area contributed by atoms with Gasteiger partial charge in [0.25, 0.3) is 0 Å². The van der Waals surface area contributed by atoms with Gasteiger partial charge < -0.3 is 10.1 Å². The Bertz CT molecular complexity index is 279. The molecule has 19 heavy (non-hydrogen) atoms. The second-order valence-corrected chi connectivity index (χ2v) is 7.26. The lowest BCUT2D eigenvalue weighted by Crippen LogP contribution is -2.44. The molecule has 2 saturated carbocycles.